The van der Waals surface area contributed by atoms with Crippen LogP contribution in [0.2, 0.25) is 10.0 Å². The number of carbonyl (C=O) groups excluding carboxylic acids is 1. The van der Waals surface area contributed by atoms with Gasteiger partial charge < -0.3 is 5.73 Å². The molecule has 0 radical (unpaired) electrons. The van der Waals surface area contributed by atoms with Crippen LogP contribution in [0, 0.1) is 6.92 Å². The lowest BCUT2D eigenvalue weighted by Gasteiger charge is -2.32. The van der Waals surface area contributed by atoms with E-state index in [1.54, 1.807) is 19.1 Å². The van der Waals surface area contributed by atoms with Crippen LogP contribution in [-0.2, 0) is 4.75 Å². The Morgan fingerprint density at radius 2 is 1.78 bits per heavy atom. The highest BCUT2D eigenvalue weighted by atomic mass is 35.5. The molecule has 8 heteroatoms. The van der Waals surface area contributed by atoms with Crippen LogP contribution in [0.25, 0.3) is 5.57 Å². The molecule has 27 heavy (non-hydrogen) atoms. The standard InChI is InChI=1S/C19H14Cl2F3NOS/c1-10-4-11(2-3-16(10)17(25)26)12-8-18(27-9-12,19(22,23)24)13-5-14(20)7-15(21)6-13/h2-7,9H,8H2,1H3,(H2,25,26). The van der Waals surface area contributed by atoms with Crippen LogP contribution in [0.1, 0.15) is 33.5 Å². The van der Waals surface area contributed by atoms with Crippen LogP contribution in [0.5, 0.6) is 0 Å². The highest BCUT2D eigenvalue weighted by Crippen LogP contribution is 2.60. The molecule has 1 atom stereocenters. The van der Waals surface area contributed by atoms with Crippen molar-refractivity contribution in [3.8, 4) is 0 Å². The van der Waals surface area contributed by atoms with Crippen molar-refractivity contribution in [3.05, 3.63) is 74.1 Å². The summed E-state index contributed by atoms with van der Waals surface area (Å²) in [6.07, 6.45) is -4.79. The third-order valence-electron chi connectivity index (χ3n) is 4.49. The van der Waals surface area contributed by atoms with Crippen molar-refractivity contribution in [3.63, 3.8) is 0 Å². The number of rotatable bonds is 3. The lowest BCUT2D eigenvalue weighted by molar-refractivity contribution is -0.160. The van der Waals surface area contributed by atoms with Gasteiger partial charge in [-0.1, -0.05) is 35.3 Å². The summed E-state index contributed by atoms with van der Waals surface area (Å²) in [5, 5.41) is 1.80. The van der Waals surface area contributed by atoms with E-state index in [1.807, 2.05) is 0 Å². The maximum absolute atomic E-state index is 14.1. The molecule has 1 aliphatic heterocycles. The van der Waals surface area contributed by atoms with Gasteiger partial charge in [-0.2, -0.15) is 13.2 Å². The van der Waals surface area contributed by atoms with Crippen molar-refractivity contribution >= 4 is 46.4 Å². The summed E-state index contributed by atoms with van der Waals surface area (Å²) in [5.41, 5.74) is 7.39. The molecular weight excluding hydrogens is 418 g/mol. The van der Waals surface area contributed by atoms with Crippen LogP contribution < -0.4 is 5.73 Å². The van der Waals surface area contributed by atoms with Gasteiger partial charge in [-0.05, 0) is 58.9 Å². The van der Waals surface area contributed by atoms with Gasteiger partial charge in [0, 0.05) is 22.0 Å². The molecule has 0 bridgehead atoms. The molecule has 0 saturated heterocycles. The molecule has 0 fully saturated rings. The van der Waals surface area contributed by atoms with E-state index in [0.717, 1.165) is 0 Å². The van der Waals surface area contributed by atoms with E-state index >= 15 is 0 Å². The van der Waals surface area contributed by atoms with Crippen molar-refractivity contribution in [2.45, 2.75) is 24.3 Å². The Morgan fingerprint density at radius 3 is 2.30 bits per heavy atom. The van der Waals surface area contributed by atoms with Gasteiger partial charge in [-0.25, -0.2) is 0 Å². The lowest BCUT2D eigenvalue weighted by Crippen LogP contribution is -2.37. The molecular formula is C19H14Cl2F3NOS. The number of aryl methyl sites for hydroxylation is 1. The average molecular weight is 432 g/mol. The van der Waals surface area contributed by atoms with E-state index in [-0.39, 0.29) is 22.0 Å². The average Bonchev–Trinajstić information content (AvgIpc) is 3.00. The first-order valence-electron chi connectivity index (χ1n) is 7.84. The van der Waals surface area contributed by atoms with Gasteiger partial charge >= 0.3 is 6.18 Å². The van der Waals surface area contributed by atoms with E-state index in [4.69, 9.17) is 28.9 Å². The molecule has 1 amide bonds. The normalized spacial score (nSPS) is 19.9. The lowest BCUT2D eigenvalue weighted by atomic mass is 9.87. The molecule has 1 unspecified atom stereocenters. The minimum Gasteiger partial charge on any atom is -0.366 e. The van der Waals surface area contributed by atoms with Crippen molar-refractivity contribution in [2.24, 2.45) is 5.73 Å². The maximum atomic E-state index is 14.1. The van der Waals surface area contributed by atoms with Crippen molar-refractivity contribution in [1.29, 1.82) is 0 Å². The number of carbonyl (C=O) groups is 1. The zero-order chi connectivity index (χ0) is 20.0. The van der Waals surface area contributed by atoms with Gasteiger partial charge in [0.25, 0.3) is 0 Å². The Kier molecular flexibility index (Phi) is 5.27. The van der Waals surface area contributed by atoms with Crippen LogP contribution in [0.4, 0.5) is 13.2 Å². The smallest absolute Gasteiger partial charge is 0.366 e. The predicted molar refractivity (Wildman–Crippen MR) is 104 cm³/mol. The van der Waals surface area contributed by atoms with Gasteiger partial charge in [0.2, 0.25) is 5.91 Å². The van der Waals surface area contributed by atoms with E-state index in [1.165, 1.54) is 29.7 Å². The number of hydrogen-bond acceptors (Lipinski definition) is 2. The second-order valence-corrected chi connectivity index (χ2v) is 8.36. The van der Waals surface area contributed by atoms with Crippen LogP contribution in [-0.4, -0.2) is 12.1 Å². The minimum atomic E-state index is -4.52. The Morgan fingerprint density at radius 1 is 1.15 bits per heavy atom. The summed E-state index contributed by atoms with van der Waals surface area (Å²) in [6, 6.07) is 8.80. The molecule has 2 aromatic carbocycles. The molecule has 0 saturated carbocycles. The van der Waals surface area contributed by atoms with Crippen LogP contribution in [0.15, 0.2) is 41.8 Å². The highest BCUT2D eigenvalue weighted by Gasteiger charge is 2.58. The molecule has 142 valence electrons. The fourth-order valence-electron chi connectivity index (χ4n) is 3.12. The van der Waals surface area contributed by atoms with Gasteiger partial charge in [0.05, 0.1) is 0 Å². The minimum absolute atomic E-state index is 0.00854. The third kappa shape index (κ3) is 3.71. The quantitative estimate of drug-likeness (QED) is 0.616. The highest BCUT2D eigenvalue weighted by molar-refractivity contribution is 8.03. The maximum Gasteiger partial charge on any atom is 0.407 e. The largest absolute Gasteiger partial charge is 0.407 e. The monoisotopic (exact) mass is 431 g/mol. The number of amides is 1. The van der Waals surface area contributed by atoms with Gasteiger partial charge in [0.15, 0.2) is 0 Å². The molecule has 2 nitrogen and oxygen atoms in total. The Labute approximate surface area is 168 Å². The summed E-state index contributed by atoms with van der Waals surface area (Å²) >= 11 is 12.6. The molecule has 0 aliphatic carbocycles. The summed E-state index contributed by atoms with van der Waals surface area (Å²) in [5.74, 6) is -0.577. The first-order valence-corrected chi connectivity index (χ1v) is 9.48. The molecule has 3 rings (SSSR count). The van der Waals surface area contributed by atoms with Gasteiger partial charge in [0.1, 0.15) is 4.75 Å². The van der Waals surface area contributed by atoms with Crippen LogP contribution in [0.3, 0.4) is 0 Å². The van der Waals surface area contributed by atoms with Gasteiger partial charge in [-0.15, -0.1) is 11.8 Å². The van der Waals surface area contributed by atoms with E-state index < -0.39 is 16.8 Å². The second-order valence-electron chi connectivity index (χ2n) is 6.31. The number of primary amides is 1. The predicted octanol–water partition coefficient (Wildman–Crippen LogP) is 6.34. The summed E-state index contributed by atoms with van der Waals surface area (Å²) in [6.45, 7) is 1.69. The van der Waals surface area contributed by atoms with Crippen LogP contribution >= 0.6 is 35.0 Å². The number of nitrogens with two attached hydrogens (primary N) is 1. The molecule has 0 aromatic heterocycles. The number of halogens is 5. The topological polar surface area (TPSA) is 43.1 Å². The van der Waals surface area contributed by atoms with E-state index in [0.29, 0.717) is 34.0 Å². The number of thioether (sulfide) groups is 1. The molecule has 2 aromatic rings. The number of benzene rings is 2. The van der Waals surface area contributed by atoms with Crippen molar-refractivity contribution in [2.75, 3.05) is 0 Å². The summed E-state index contributed by atoms with van der Waals surface area (Å²) < 4.78 is 40.1. The Balaban J connectivity index is 2.02. The number of alkyl halides is 3. The Bertz CT molecular complexity index is 938. The van der Waals surface area contributed by atoms with Crippen molar-refractivity contribution in [1.82, 2.24) is 0 Å². The van der Waals surface area contributed by atoms with E-state index in [2.05, 4.69) is 0 Å². The molecule has 0 spiro atoms. The summed E-state index contributed by atoms with van der Waals surface area (Å²) in [7, 11) is 0. The first kappa shape index (κ1) is 20.1. The zero-order valence-electron chi connectivity index (χ0n) is 14.0. The number of allylic oxidation sites excluding steroid dienone is 1. The molecule has 2 N–H and O–H groups in total. The fraction of sp³-hybridized carbons (Fsp3) is 0.211. The Hall–Kier alpha value is -1.63. The fourth-order valence-corrected chi connectivity index (χ4v) is 4.84. The number of hydrogen-bond donors (Lipinski definition) is 1. The van der Waals surface area contributed by atoms with Gasteiger partial charge in [-0.3, -0.25) is 4.79 Å². The zero-order valence-corrected chi connectivity index (χ0v) is 16.4. The second kappa shape index (κ2) is 7.08. The molecule has 1 aliphatic rings. The third-order valence-corrected chi connectivity index (χ3v) is 6.34. The van der Waals surface area contributed by atoms with E-state index in [9.17, 15) is 18.0 Å². The summed E-state index contributed by atoms with van der Waals surface area (Å²) in [4.78, 5) is 11.4. The molecule has 1 heterocycles. The first-order chi connectivity index (χ1) is 12.5. The van der Waals surface area contributed by atoms with Crippen molar-refractivity contribution < 1.29 is 18.0 Å². The SMILES string of the molecule is Cc1cc(C2=CSC(c3cc(Cl)cc(Cl)c3)(C(F)(F)F)C2)ccc1C(N)=O.